The van der Waals surface area contributed by atoms with Crippen molar-refractivity contribution in [2.24, 2.45) is 5.92 Å². The second-order valence-electron chi connectivity index (χ2n) is 4.47. The highest BCUT2D eigenvalue weighted by Crippen LogP contribution is 2.25. The molecule has 5 heteroatoms. The topological polar surface area (TPSA) is 30.2 Å². The van der Waals surface area contributed by atoms with E-state index in [0.717, 1.165) is 23.8 Å². The van der Waals surface area contributed by atoms with Crippen LogP contribution in [0.3, 0.4) is 0 Å². The van der Waals surface area contributed by atoms with Crippen LogP contribution in [-0.4, -0.2) is 26.1 Å². The zero-order valence-electron chi connectivity index (χ0n) is 9.47. The molecule has 0 N–H and O–H groups in total. The Morgan fingerprint density at radius 1 is 1.47 bits per heavy atom. The van der Waals surface area contributed by atoms with E-state index in [2.05, 4.69) is 10.1 Å². The van der Waals surface area contributed by atoms with Crippen molar-refractivity contribution >= 4 is 29.0 Å². The van der Waals surface area contributed by atoms with Gasteiger partial charge in [-0.2, -0.15) is 16.9 Å². The number of thioether (sulfide) groups is 1. The van der Waals surface area contributed by atoms with Gasteiger partial charge in [-0.25, -0.2) is 9.50 Å². The second-order valence-corrected chi connectivity index (χ2v) is 6.05. The third-order valence-electron chi connectivity index (χ3n) is 3.06. The minimum absolute atomic E-state index is 0.696. The summed E-state index contributed by atoms with van der Waals surface area (Å²) in [6.07, 6.45) is 5.44. The van der Waals surface area contributed by atoms with Crippen molar-refractivity contribution in [2.75, 3.05) is 11.5 Å². The average molecular weight is 268 g/mol. The largest absolute Gasteiger partial charge is 0.219 e. The summed E-state index contributed by atoms with van der Waals surface area (Å²) in [5.74, 6) is 4.24. The van der Waals surface area contributed by atoms with Gasteiger partial charge in [0.25, 0.3) is 0 Å². The SMILES string of the molecule is Clc1ccc2nc(CC3CCCSC3)nn2c1. The lowest BCUT2D eigenvalue weighted by Crippen LogP contribution is -2.13. The summed E-state index contributed by atoms with van der Waals surface area (Å²) >= 11 is 7.98. The van der Waals surface area contributed by atoms with Crippen molar-refractivity contribution < 1.29 is 0 Å². The average Bonchev–Trinajstić information content (AvgIpc) is 2.71. The first-order chi connectivity index (χ1) is 8.31. The maximum absolute atomic E-state index is 5.93. The number of nitrogens with zero attached hydrogens (tertiary/aromatic N) is 3. The van der Waals surface area contributed by atoms with E-state index in [-0.39, 0.29) is 0 Å². The van der Waals surface area contributed by atoms with Crippen molar-refractivity contribution in [3.05, 3.63) is 29.2 Å². The fourth-order valence-electron chi connectivity index (χ4n) is 2.22. The third kappa shape index (κ3) is 2.58. The summed E-state index contributed by atoms with van der Waals surface area (Å²) in [5, 5.41) is 5.18. The highest BCUT2D eigenvalue weighted by Gasteiger charge is 2.16. The molecule has 3 heterocycles. The van der Waals surface area contributed by atoms with E-state index >= 15 is 0 Å². The van der Waals surface area contributed by atoms with Crippen LogP contribution in [0.15, 0.2) is 18.3 Å². The van der Waals surface area contributed by atoms with Crippen LogP contribution in [0, 0.1) is 5.92 Å². The lowest BCUT2D eigenvalue weighted by Gasteiger charge is -2.19. The van der Waals surface area contributed by atoms with E-state index in [9.17, 15) is 0 Å². The Bertz CT molecular complexity index is 519. The molecular weight excluding hydrogens is 254 g/mol. The first-order valence-electron chi connectivity index (χ1n) is 5.90. The summed E-state index contributed by atoms with van der Waals surface area (Å²) in [4.78, 5) is 4.53. The van der Waals surface area contributed by atoms with Gasteiger partial charge < -0.3 is 0 Å². The highest BCUT2D eigenvalue weighted by atomic mass is 35.5. The molecule has 90 valence electrons. The van der Waals surface area contributed by atoms with E-state index in [1.165, 1.54) is 24.3 Å². The molecule has 1 unspecified atom stereocenters. The Kier molecular flexibility index (Phi) is 3.25. The van der Waals surface area contributed by atoms with E-state index in [0.29, 0.717) is 5.02 Å². The first-order valence-corrected chi connectivity index (χ1v) is 7.43. The molecule has 1 fully saturated rings. The Hall–Kier alpha value is -0.740. The molecule has 2 aromatic rings. The van der Waals surface area contributed by atoms with Crippen LogP contribution in [0.2, 0.25) is 5.02 Å². The van der Waals surface area contributed by atoms with Crippen LogP contribution in [0.1, 0.15) is 18.7 Å². The summed E-state index contributed by atoms with van der Waals surface area (Å²) in [5.41, 5.74) is 0.882. The Labute approximate surface area is 110 Å². The molecule has 3 nitrogen and oxygen atoms in total. The fraction of sp³-hybridized carbons (Fsp3) is 0.500. The molecular formula is C12H14ClN3S. The number of halogens is 1. The molecule has 1 aliphatic rings. The molecule has 0 radical (unpaired) electrons. The summed E-state index contributed by atoms with van der Waals surface area (Å²) < 4.78 is 1.77. The van der Waals surface area contributed by atoms with E-state index < -0.39 is 0 Å². The van der Waals surface area contributed by atoms with Gasteiger partial charge >= 0.3 is 0 Å². The van der Waals surface area contributed by atoms with Crippen LogP contribution in [0.5, 0.6) is 0 Å². The van der Waals surface area contributed by atoms with E-state index in [1.54, 1.807) is 4.52 Å². The number of hydrogen-bond acceptors (Lipinski definition) is 3. The van der Waals surface area contributed by atoms with Gasteiger partial charge in [-0.1, -0.05) is 11.6 Å². The zero-order valence-corrected chi connectivity index (χ0v) is 11.0. The van der Waals surface area contributed by atoms with Gasteiger partial charge in [-0.15, -0.1) is 0 Å². The molecule has 1 atom stereocenters. The van der Waals surface area contributed by atoms with Gasteiger partial charge in [0.15, 0.2) is 11.5 Å². The highest BCUT2D eigenvalue weighted by molar-refractivity contribution is 7.99. The van der Waals surface area contributed by atoms with E-state index in [4.69, 9.17) is 11.6 Å². The molecule has 0 aromatic carbocycles. The predicted molar refractivity (Wildman–Crippen MR) is 71.8 cm³/mol. The normalized spacial score (nSPS) is 20.9. The molecule has 1 aliphatic heterocycles. The standard InChI is InChI=1S/C12H14ClN3S/c13-10-3-4-12-14-11(15-16(12)7-10)6-9-2-1-5-17-8-9/h3-4,7,9H,1-2,5-6,8H2. The van der Waals surface area contributed by atoms with Gasteiger partial charge in [0, 0.05) is 12.6 Å². The lowest BCUT2D eigenvalue weighted by atomic mass is 10.0. The molecule has 17 heavy (non-hydrogen) atoms. The summed E-state index contributed by atoms with van der Waals surface area (Å²) in [6, 6.07) is 3.76. The van der Waals surface area contributed by atoms with Crippen molar-refractivity contribution in [3.63, 3.8) is 0 Å². The van der Waals surface area contributed by atoms with Crippen molar-refractivity contribution in [1.82, 2.24) is 14.6 Å². The van der Waals surface area contributed by atoms with Crippen LogP contribution in [-0.2, 0) is 6.42 Å². The maximum atomic E-state index is 5.93. The molecule has 0 aliphatic carbocycles. The third-order valence-corrected chi connectivity index (χ3v) is 4.57. The molecule has 3 rings (SSSR count). The number of hydrogen-bond donors (Lipinski definition) is 0. The molecule has 2 aromatic heterocycles. The van der Waals surface area contributed by atoms with E-state index in [1.807, 2.05) is 30.1 Å². The molecule has 0 saturated carbocycles. The van der Waals surface area contributed by atoms with Crippen LogP contribution in [0.25, 0.3) is 5.65 Å². The molecule has 0 amide bonds. The van der Waals surface area contributed by atoms with Crippen molar-refractivity contribution in [3.8, 4) is 0 Å². The summed E-state index contributed by atoms with van der Waals surface area (Å²) in [7, 11) is 0. The second kappa shape index (κ2) is 4.86. The minimum atomic E-state index is 0.696. The number of pyridine rings is 1. The first kappa shape index (κ1) is 11.4. The molecule has 1 saturated heterocycles. The monoisotopic (exact) mass is 267 g/mol. The Balaban J connectivity index is 1.80. The van der Waals surface area contributed by atoms with Gasteiger partial charge in [0.1, 0.15) is 0 Å². The quantitative estimate of drug-likeness (QED) is 0.838. The number of fused-ring (bicyclic) bond motifs is 1. The Morgan fingerprint density at radius 3 is 3.24 bits per heavy atom. The Morgan fingerprint density at radius 2 is 2.41 bits per heavy atom. The van der Waals surface area contributed by atoms with Gasteiger partial charge in [-0.3, -0.25) is 0 Å². The number of rotatable bonds is 2. The molecule has 0 spiro atoms. The fourth-order valence-corrected chi connectivity index (χ4v) is 3.53. The lowest BCUT2D eigenvalue weighted by molar-refractivity contribution is 0.508. The smallest absolute Gasteiger partial charge is 0.155 e. The van der Waals surface area contributed by atoms with Gasteiger partial charge in [0.2, 0.25) is 0 Å². The summed E-state index contributed by atoms with van der Waals surface area (Å²) in [6.45, 7) is 0. The van der Waals surface area contributed by atoms with Gasteiger partial charge in [0.05, 0.1) is 5.02 Å². The predicted octanol–water partition coefficient (Wildman–Crippen LogP) is 3.07. The molecule has 0 bridgehead atoms. The maximum Gasteiger partial charge on any atom is 0.155 e. The van der Waals surface area contributed by atoms with Crippen molar-refractivity contribution in [1.29, 1.82) is 0 Å². The van der Waals surface area contributed by atoms with Gasteiger partial charge in [-0.05, 0) is 42.4 Å². The van der Waals surface area contributed by atoms with Crippen LogP contribution >= 0.6 is 23.4 Å². The van der Waals surface area contributed by atoms with Crippen molar-refractivity contribution in [2.45, 2.75) is 19.3 Å². The van der Waals surface area contributed by atoms with Crippen LogP contribution in [0.4, 0.5) is 0 Å². The number of aromatic nitrogens is 3. The zero-order chi connectivity index (χ0) is 11.7. The van der Waals surface area contributed by atoms with Crippen LogP contribution < -0.4 is 0 Å². The minimum Gasteiger partial charge on any atom is -0.219 e.